The maximum Gasteiger partial charge on any atom is 0.407 e. The van der Waals surface area contributed by atoms with Gasteiger partial charge >= 0.3 is 18.1 Å². The second kappa shape index (κ2) is 21.7. The molecular weight excluding hydrogens is 819 g/mol. The van der Waals surface area contributed by atoms with Gasteiger partial charge in [-0.25, -0.2) is 22.8 Å². The lowest BCUT2D eigenvalue weighted by Gasteiger charge is -2.29. The number of esters is 1. The summed E-state index contributed by atoms with van der Waals surface area (Å²) in [4.78, 5) is 80.5. The summed E-state index contributed by atoms with van der Waals surface area (Å²) in [6.45, 7) is 10.4. The number of carbonyl (C=O) groups excluding carboxylic acids is 6. The number of methoxy groups -OCH3 is 1. The van der Waals surface area contributed by atoms with Crippen LogP contribution in [0.2, 0.25) is 0 Å². The van der Waals surface area contributed by atoms with E-state index in [1.807, 2.05) is 39.0 Å². The maximum absolute atomic E-state index is 13.9. The van der Waals surface area contributed by atoms with Gasteiger partial charge in [-0.1, -0.05) is 62.4 Å². The summed E-state index contributed by atoms with van der Waals surface area (Å²) in [6, 6.07) is 17.0. The van der Waals surface area contributed by atoms with Gasteiger partial charge in [-0.15, -0.1) is 0 Å². The number of nitrogens with one attached hydrogen (secondary N) is 5. The van der Waals surface area contributed by atoms with Crippen LogP contribution in [0.25, 0.3) is 0 Å². The number of sulfonamides is 1. The molecule has 3 aromatic rings. The molecule has 0 aliphatic carbocycles. The predicted molar refractivity (Wildman–Crippen MR) is 233 cm³/mol. The first-order valence-corrected chi connectivity index (χ1v) is 21.8. The van der Waals surface area contributed by atoms with E-state index in [4.69, 9.17) is 9.47 Å². The lowest BCUT2D eigenvalue weighted by atomic mass is 10.0. The van der Waals surface area contributed by atoms with Crippen LogP contribution in [-0.4, -0.2) is 110 Å². The van der Waals surface area contributed by atoms with Crippen molar-refractivity contribution in [2.75, 3.05) is 37.9 Å². The van der Waals surface area contributed by atoms with Crippen LogP contribution < -0.4 is 26.6 Å². The fraction of sp³-hybridized carbons (Fsp3) is 0.455. The van der Waals surface area contributed by atoms with Gasteiger partial charge in [0, 0.05) is 37.6 Å². The van der Waals surface area contributed by atoms with Crippen LogP contribution in [0.1, 0.15) is 65.0 Å². The third-order valence-corrected chi connectivity index (χ3v) is 11.9. The van der Waals surface area contributed by atoms with Crippen molar-refractivity contribution in [3.05, 3.63) is 90.0 Å². The highest BCUT2D eigenvalue weighted by atomic mass is 32.2. The smallest absolute Gasteiger partial charge is 0.407 e. The van der Waals surface area contributed by atoms with Gasteiger partial charge < -0.3 is 41.0 Å². The van der Waals surface area contributed by atoms with Gasteiger partial charge in [-0.3, -0.25) is 14.4 Å². The van der Waals surface area contributed by atoms with Crippen LogP contribution in [0.4, 0.5) is 21.0 Å². The highest BCUT2D eigenvalue weighted by molar-refractivity contribution is 7.89. The van der Waals surface area contributed by atoms with E-state index < -0.39 is 69.7 Å². The van der Waals surface area contributed by atoms with E-state index in [9.17, 15) is 37.2 Å². The van der Waals surface area contributed by atoms with Crippen molar-refractivity contribution in [1.82, 2.24) is 25.2 Å². The van der Waals surface area contributed by atoms with Gasteiger partial charge in [0.1, 0.15) is 23.7 Å². The Labute approximate surface area is 363 Å². The number of likely N-dealkylation sites (N-methyl/N-ethyl adjacent to an activating group) is 1. The molecule has 1 fully saturated rings. The number of aryl methyl sites for hydroxylation is 1. The minimum atomic E-state index is -4.24. The van der Waals surface area contributed by atoms with Crippen LogP contribution in [0.3, 0.4) is 0 Å². The Bertz CT molecular complexity index is 2160. The summed E-state index contributed by atoms with van der Waals surface area (Å²) in [5.74, 6) is -2.41. The Balaban J connectivity index is 1.39. The monoisotopic (exact) mass is 877 g/mol. The zero-order valence-electron chi connectivity index (χ0n) is 36.5. The van der Waals surface area contributed by atoms with Crippen LogP contribution in [-0.2, 0) is 45.1 Å². The molecule has 1 aliphatic rings. The van der Waals surface area contributed by atoms with Crippen molar-refractivity contribution < 1.29 is 46.7 Å². The molecule has 0 bridgehead atoms. The molecule has 0 radical (unpaired) electrons. The van der Waals surface area contributed by atoms with E-state index in [1.165, 1.54) is 17.0 Å². The molecule has 0 aromatic heterocycles. The number of rotatable bonds is 17. The standard InChI is InChI=1S/C44H59N7O10S/c1-28(2)24-36(50(7)38(52)25-30-18-20-31(21-19-30)46-42(56)49-34-17-13-12-14-29(34)3)39(53)45-23-22-35(41(55)60-8)48-40(54)37-26-32(47-43(57)61-44(4,5)6)27-51(37)62(58,59)33-15-10-9-11-16-33/h9-21,28,32,35-37H,22-27H2,1-8H3,(H,45,53)(H,47,57)(H,48,54)(H2,46,49,56)/t32-,35?,36+,37+/m1/s1. The second-order valence-corrected chi connectivity index (χ2v) is 18.5. The van der Waals surface area contributed by atoms with Gasteiger partial charge in [0.25, 0.3) is 0 Å². The fourth-order valence-electron chi connectivity index (χ4n) is 6.80. The quantitative estimate of drug-likeness (QED) is 0.119. The number of anilines is 2. The zero-order valence-corrected chi connectivity index (χ0v) is 37.3. The highest BCUT2D eigenvalue weighted by Crippen LogP contribution is 2.27. The summed E-state index contributed by atoms with van der Waals surface area (Å²) in [7, 11) is -1.57. The highest BCUT2D eigenvalue weighted by Gasteiger charge is 2.45. The molecule has 4 atom stereocenters. The molecule has 3 aromatic carbocycles. The van der Waals surface area contributed by atoms with Gasteiger partial charge in [-0.05, 0) is 94.3 Å². The topological polar surface area (TPSA) is 222 Å². The molecule has 336 valence electrons. The third-order valence-electron chi connectivity index (χ3n) is 9.98. The summed E-state index contributed by atoms with van der Waals surface area (Å²) >= 11 is 0. The van der Waals surface area contributed by atoms with Crippen LogP contribution in [0, 0.1) is 12.8 Å². The molecular formula is C44H59N7O10S. The number of para-hydroxylation sites is 1. The molecule has 1 heterocycles. The van der Waals surface area contributed by atoms with Crippen molar-refractivity contribution in [1.29, 1.82) is 0 Å². The predicted octanol–water partition coefficient (Wildman–Crippen LogP) is 4.58. The van der Waals surface area contributed by atoms with E-state index in [-0.39, 0.29) is 49.1 Å². The first-order chi connectivity index (χ1) is 29.2. The van der Waals surface area contributed by atoms with Crippen LogP contribution in [0.15, 0.2) is 83.8 Å². The van der Waals surface area contributed by atoms with Crippen molar-refractivity contribution >= 4 is 57.2 Å². The SMILES string of the molecule is COC(=O)C(CCNC(=O)[C@H](CC(C)C)N(C)C(=O)Cc1ccc(NC(=O)Nc2ccccc2C)cc1)NC(=O)[C@@H]1C[C@@H](NC(=O)OC(C)(C)C)CN1S(=O)(=O)c1ccccc1. The summed E-state index contributed by atoms with van der Waals surface area (Å²) in [5, 5.41) is 13.6. The number of carbonyl (C=O) groups is 6. The minimum Gasteiger partial charge on any atom is -0.467 e. The molecule has 6 amide bonds. The van der Waals surface area contributed by atoms with Gasteiger partial charge in [-0.2, -0.15) is 4.31 Å². The van der Waals surface area contributed by atoms with Crippen molar-refractivity contribution in [2.45, 2.75) is 102 Å². The molecule has 1 saturated heterocycles. The van der Waals surface area contributed by atoms with Crippen molar-refractivity contribution in [3.63, 3.8) is 0 Å². The Morgan fingerprint density at radius 2 is 1.55 bits per heavy atom. The maximum atomic E-state index is 13.9. The largest absolute Gasteiger partial charge is 0.467 e. The number of hydrogen-bond donors (Lipinski definition) is 5. The Morgan fingerprint density at radius 3 is 2.16 bits per heavy atom. The van der Waals surface area contributed by atoms with E-state index in [1.54, 1.807) is 76.3 Å². The normalized spacial score (nSPS) is 16.3. The van der Waals surface area contributed by atoms with E-state index in [0.717, 1.165) is 17.0 Å². The summed E-state index contributed by atoms with van der Waals surface area (Å²) in [6.07, 6.45) is -0.717. The van der Waals surface area contributed by atoms with E-state index >= 15 is 0 Å². The Morgan fingerprint density at radius 1 is 0.903 bits per heavy atom. The Kier molecular flexibility index (Phi) is 17.0. The molecule has 1 unspecified atom stereocenters. The van der Waals surface area contributed by atoms with Crippen LogP contribution >= 0.6 is 0 Å². The number of hydrogen-bond acceptors (Lipinski definition) is 10. The molecule has 5 N–H and O–H groups in total. The van der Waals surface area contributed by atoms with Gasteiger partial charge in [0.2, 0.25) is 27.7 Å². The van der Waals surface area contributed by atoms with Gasteiger partial charge in [0.15, 0.2) is 0 Å². The minimum absolute atomic E-state index is 0.0170. The van der Waals surface area contributed by atoms with Crippen molar-refractivity contribution in [3.8, 4) is 0 Å². The summed E-state index contributed by atoms with van der Waals surface area (Å²) < 4.78 is 38.9. The number of alkyl carbamates (subject to hydrolysis) is 1. The molecule has 0 spiro atoms. The molecule has 17 nitrogen and oxygen atoms in total. The average molecular weight is 878 g/mol. The van der Waals surface area contributed by atoms with Crippen LogP contribution in [0.5, 0.6) is 0 Å². The Hall–Kier alpha value is -6.01. The molecule has 62 heavy (non-hydrogen) atoms. The number of urea groups is 1. The molecule has 4 rings (SSSR count). The summed E-state index contributed by atoms with van der Waals surface area (Å²) in [5.41, 5.74) is 1.96. The first-order valence-electron chi connectivity index (χ1n) is 20.4. The lowest BCUT2D eigenvalue weighted by Crippen LogP contribution is -2.52. The van der Waals surface area contributed by atoms with Gasteiger partial charge in [0.05, 0.1) is 18.4 Å². The van der Waals surface area contributed by atoms with E-state index in [0.29, 0.717) is 23.4 Å². The molecule has 0 saturated carbocycles. The lowest BCUT2D eigenvalue weighted by molar-refractivity contribution is -0.145. The second-order valence-electron chi connectivity index (χ2n) is 16.6. The van der Waals surface area contributed by atoms with Crippen molar-refractivity contribution in [2.24, 2.45) is 5.92 Å². The molecule has 18 heteroatoms. The number of benzene rings is 3. The molecule has 1 aliphatic heterocycles. The number of nitrogens with zero attached hydrogens (tertiary/aromatic N) is 2. The fourth-order valence-corrected chi connectivity index (χ4v) is 8.46. The average Bonchev–Trinajstić information content (AvgIpc) is 3.64. The number of amides is 6. The first kappa shape index (κ1) is 48.7. The van der Waals surface area contributed by atoms with E-state index in [2.05, 4.69) is 26.6 Å². The zero-order chi connectivity index (χ0) is 45.8. The third kappa shape index (κ3) is 14.0. The number of ether oxygens (including phenoxy) is 2.